The van der Waals surface area contributed by atoms with Crippen molar-refractivity contribution in [2.24, 2.45) is 10.8 Å². The van der Waals surface area contributed by atoms with Gasteiger partial charge in [0.05, 0.1) is 24.5 Å². The number of hydrazone groups is 1. The van der Waals surface area contributed by atoms with Crippen LogP contribution >= 0.6 is 23.8 Å². The van der Waals surface area contributed by atoms with Crippen LogP contribution in [0.15, 0.2) is 17.2 Å². The van der Waals surface area contributed by atoms with E-state index in [-0.39, 0.29) is 5.11 Å². The maximum absolute atomic E-state index is 6.15. The third-order valence-electron chi connectivity index (χ3n) is 2.01. The van der Waals surface area contributed by atoms with Gasteiger partial charge in [-0.05, 0) is 43.8 Å². The molecule has 0 atom stereocenters. The highest BCUT2D eigenvalue weighted by molar-refractivity contribution is 7.80. The zero-order valence-electron chi connectivity index (χ0n) is 10.8. The van der Waals surface area contributed by atoms with Gasteiger partial charge in [0.1, 0.15) is 0 Å². The molecule has 0 fully saturated rings. The summed E-state index contributed by atoms with van der Waals surface area (Å²) in [6.45, 7) is 4.80. The Bertz CT molecular complexity index is 480. The first-order valence-electron chi connectivity index (χ1n) is 5.76. The molecule has 0 radical (unpaired) electrons. The summed E-state index contributed by atoms with van der Waals surface area (Å²) in [4.78, 5) is 0. The van der Waals surface area contributed by atoms with Gasteiger partial charge in [-0.25, -0.2) is 0 Å². The molecule has 0 amide bonds. The van der Waals surface area contributed by atoms with E-state index >= 15 is 0 Å². The molecular formula is C12H16ClN3O2S. The number of hydrogen-bond acceptors (Lipinski definition) is 4. The Labute approximate surface area is 122 Å². The summed E-state index contributed by atoms with van der Waals surface area (Å²) in [6.07, 6.45) is 1.54. The van der Waals surface area contributed by atoms with E-state index in [9.17, 15) is 0 Å². The maximum Gasteiger partial charge on any atom is 0.184 e. The van der Waals surface area contributed by atoms with Gasteiger partial charge in [-0.2, -0.15) is 5.10 Å². The molecule has 0 aliphatic carbocycles. The number of benzene rings is 1. The number of rotatable bonds is 6. The molecular weight excluding hydrogens is 286 g/mol. The Hall–Kier alpha value is -1.53. The van der Waals surface area contributed by atoms with Crippen LogP contribution in [0.1, 0.15) is 19.4 Å². The minimum atomic E-state index is 0.0957. The standard InChI is InChI=1S/C12H16ClN3O2S/c1-3-17-10-6-8(7-15-16-12(14)19)5-9(13)11(10)18-4-2/h5-7H,3-4H2,1-2H3,(H3,14,16,19)/b15-7+. The van der Waals surface area contributed by atoms with E-state index in [1.807, 2.05) is 13.8 Å². The first kappa shape index (κ1) is 15.5. The number of nitrogens with two attached hydrogens (primary N) is 1. The lowest BCUT2D eigenvalue weighted by Crippen LogP contribution is -2.23. The van der Waals surface area contributed by atoms with Gasteiger partial charge in [-0.15, -0.1) is 0 Å². The van der Waals surface area contributed by atoms with Crippen molar-refractivity contribution in [1.82, 2.24) is 5.43 Å². The molecule has 104 valence electrons. The van der Waals surface area contributed by atoms with Gasteiger partial charge in [0.2, 0.25) is 0 Å². The van der Waals surface area contributed by atoms with Crippen molar-refractivity contribution >= 4 is 35.1 Å². The Kier molecular flexibility index (Phi) is 6.38. The van der Waals surface area contributed by atoms with E-state index in [2.05, 4.69) is 22.7 Å². The molecule has 7 heteroatoms. The average Bonchev–Trinajstić information content (AvgIpc) is 2.33. The fourth-order valence-electron chi connectivity index (χ4n) is 1.38. The van der Waals surface area contributed by atoms with E-state index in [1.54, 1.807) is 18.3 Å². The lowest BCUT2D eigenvalue weighted by molar-refractivity contribution is 0.288. The first-order valence-corrected chi connectivity index (χ1v) is 6.54. The highest BCUT2D eigenvalue weighted by Gasteiger charge is 2.11. The maximum atomic E-state index is 6.15. The third kappa shape index (κ3) is 4.92. The molecule has 3 N–H and O–H groups in total. The van der Waals surface area contributed by atoms with Gasteiger partial charge in [0.15, 0.2) is 16.6 Å². The van der Waals surface area contributed by atoms with Crippen LogP contribution in [0, 0.1) is 0 Å². The SMILES string of the molecule is CCOc1cc(/C=N/NC(N)=S)cc(Cl)c1OCC. The minimum Gasteiger partial charge on any atom is -0.490 e. The molecule has 0 aliphatic heterocycles. The molecule has 1 aromatic carbocycles. The van der Waals surface area contributed by atoms with Gasteiger partial charge in [0.25, 0.3) is 0 Å². The van der Waals surface area contributed by atoms with Gasteiger partial charge in [-0.1, -0.05) is 11.6 Å². The van der Waals surface area contributed by atoms with Crippen LogP contribution in [0.4, 0.5) is 0 Å². The number of ether oxygens (including phenoxy) is 2. The Balaban J connectivity index is 3.01. The van der Waals surface area contributed by atoms with Crippen LogP contribution in [-0.4, -0.2) is 24.5 Å². The summed E-state index contributed by atoms with van der Waals surface area (Å²) >= 11 is 10.8. The van der Waals surface area contributed by atoms with Gasteiger partial charge in [-0.3, -0.25) is 5.43 Å². The van der Waals surface area contributed by atoms with Crippen LogP contribution in [0.3, 0.4) is 0 Å². The van der Waals surface area contributed by atoms with Crippen molar-refractivity contribution in [2.45, 2.75) is 13.8 Å². The molecule has 0 saturated heterocycles. The quantitative estimate of drug-likeness (QED) is 0.479. The van der Waals surface area contributed by atoms with Crippen LogP contribution in [-0.2, 0) is 0 Å². The fraction of sp³-hybridized carbons (Fsp3) is 0.333. The monoisotopic (exact) mass is 301 g/mol. The number of thiocarbonyl (C=S) groups is 1. The second-order valence-corrected chi connectivity index (χ2v) is 4.28. The summed E-state index contributed by atoms with van der Waals surface area (Å²) < 4.78 is 11.0. The zero-order chi connectivity index (χ0) is 14.3. The van der Waals surface area contributed by atoms with Gasteiger partial charge in [0, 0.05) is 0 Å². The van der Waals surface area contributed by atoms with Crippen molar-refractivity contribution in [3.8, 4) is 11.5 Å². The van der Waals surface area contributed by atoms with E-state index < -0.39 is 0 Å². The summed E-state index contributed by atoms with van der Waals surface area (Å²) in [6, 6.07) is 3.50. The number of nitrogens with one attached hydrogen (secondary N) is 1. The second kappa shape index (κ2) is 7.81. The molecule has 0 saturated carbocycles. The number of hydrogen-bond donors (Lipinski definition) is 2. The van der Waals surface area contributed by atoms with Crippen molar-refractivity contribution in [1.29, 1.82) is 0 Å². The summed E-state index contributed by atoms with van der Waals surface area (Å²) in [5.41, 5.74) is 8.48. The summed E-state index contributed by atoms with van der Waals surface area (Å²) in [5.74, 6) is 1.11. The van der Waals surface area contributed by atoms with E-state index in [4.69, 9.17) is 26.8 Å². The topological polar surface area (TPSA) is 68.9 Å². The molecule has 1 rings (SSSR count). The Morgan fingerprint density at radius 2 is 2.11 bits per heavy atom. The van der Waals surface area contributed by atoms with Crippen molar-refractivity contribution < 1.29 is 9.47 Å². The number of nitrogens with zero attached hydrogens (tertiary/aromatic N) is 1. The third-order valence-corrected chi connectivity index (χ3v) is 2.38. The average molecular weight is 302 g/mol. The molecule has 0 spiro atoms. The second-order valence-electron chi connectivity index (χ2n) is 3.43. The van der Waals surface area contributed by atoms with Crippen LogP contribution in [0.2, 0.25) is 5.02 Å². The highest BCUT2D eigenvalue weighted by Crippen LogP contribution is 2.36. The largest absolute Gasteiger partial charge is 0.490 e. The summed E-state index contributed by atoms with van der Waals surface area (Å²) in [5, 5.41) is 4.42. The van der Waals surface area contributed by atoms with E-state index in [0.29, 0.717) is 29.7 Å². The smallest absolute Gasteiger partial charge is 0.184 e. The summed E-state index contributed by atoms with van der Waals surface area (Å²) in [7, 11) is 0. The molecule has 0 heterocycles. The first-order chi connectivity index (χ1) is 9.08. The Morgan fingerprint density at radius 1 is 1.42 bits per heavy atom. The van der Waals surface area contributed by atoms with Crippen LogP contribution < -0.4 is 20.6 Å². The van der Waals surface area contributed by atoms with E-state index in [1.165, 1.54) is 0 Å². The molecule has 19 heavy (non-hydrogen) atoms. The molecule has 0 bridgehead atoms. The Morgan fingerprint density at radius 3 is 2.68 bits per heavy atom. The highest BCUT2D eigenvalue weighted by atomic mass is 35.5. The predicted molar refractivity (Wildman–Crippen MR) is 81.3 cm³/mol. The van der Waals surface area contributed by atoms with Crippen molar-refractivity contribution in [3.63, 3.8) is 0 Å². The molecule has 0 aromatic heterocycles. The molecule has 1 aromatic rings. The predicted octanol–water partition coefficient (Wildman–Crippen LogP) is 2.30. The fourth-order valence-corrected chi connectivity index (χ4v) is 1.71. The van der Waals surface area contributed by atoms with Gasteiger partial charge < -0.3 is 15.2 Å². The minimum absolute atomic E-state index is 0.0957. The van der Waals surface area contributed by atoms with Gasteiger partial charge >= 0.3 is 0 Å². The lowest BCUT2D eigenvalue weighted by Gasteiger charge is -2.13. The lowest BCUT2D eigenvalue weighted by atomic mass is 10.2. The zero-order valence-corrected chi connectivity index (χ0v) is 12.3. The molecule has 0 unspecified atom stereocenters. The number of halogens is 1. The van der Waals surface area contributed by atoms with Crippen molar-refractivity contribution in [2.75, 3.05) is 13.2 Å². The molecule has 5 nitrogen and oxygen atoms in total. The van der Waals surface area contributed by atoms with Crippen LogP contribution in [0.5, 0.6) is 11.5 Å². The molecule has 0 aliphatic rings. The normalized spacial score (nSPS) is 10.5. The van der Waals surface area contributed by atoms with E-state index in [0.717, 1.165) is 5.56 Å². The van der Waals surface area contributed by atoms with Crippen LogP contribution in [0.25, 0.3) is 0 Å². The van der Waals surface area contributed by atoms with Crippen molar-refractivity contribution in [3.05, 3.63) is 22.7 Å².